The van der Waals surface area contributed by atoms with E-state index in [0.717, 1.165) is 17.0 Å². The van der Waals surface area contributed by atoms with Crippen LogP contribution in [0.1, 0.15) is 17.0 Å². The Morgan fingerprint density at radius 1 is 0.714 bits per heavy atom. The van der Waals surface area contributed by atoms with Gasteiger partial charge < -0.3 is 4.52 Å². The predicted octanol–water partition coefficient (Wildman–Crippen LogP) is 5.48. The van der Waals surface area contributed by atoms with E-state index in [4.69, 9.17) is 16.1 Å². The van der Waals surface area contributed by atoms with Crippen LogP contribution in [-0.2, 0) is 5.88 Å². The molecule has 1 aromatic heterocycles. The Morgan fingerprint density at radius 2 is 1.11 bits per heavy atom. The quantitative estimate of drug-likeness (QED) is 0.331. The normalized spacial score (nSPS) is 10.4. The molecule has 0 radical (unpaired) electrons. The number of nitrogens with zero attached hydrogens (tertiary/aromatic N) is 1. The van der Waals surface area contributed by atoms with Crippen LogP contribution in [0.5, 0.6) is 0 Å². The van der Waals surface area contributed by atoms with Crippen LogP contribution in [0.4, 0.5) is 0 Å². The Hall–Kier alpha value is -2.41. The Labute approximate surface area is 172 Å². The van der Waals surface area contributed by atoms with E-state index in [1.54, 1.807) is 0 Å². The molecule has 2 nitrogen and oxygen atoms in total. The number of alkyl halides is 1. The van der Waals surface area contributed by atoms with Crippen LogP contribution >= 0.6 is 19.5 Å². The lowest BCUT2D eigenvalue weighted by Crippen LogP contribution is -2.20. The SMILES string of the molecule is Cc1noc(C)c1CCl.c1ccc(P(c2ccccc2)c2ccccc2)cc1. The molecule has 3 aromatic carbocycles. The highest BCUT2D eigenvalue weighted by Crippen LogP contribution is 2.32. The molecule has 0 saturated carbocycles. The summed E-state index contributed by atoms with van der Waals surface area (Å²) in [6.07, 6.45) is 0. The summed E-state index contributed by atoms with van der Waals surface area (Å²) in [5.74, 6) is 1.31. The molecule has 0 aliphatic rings. The maximum atomic E-state index is 5.58. The zero-order valence-corrected chi connectivity index (χ0v) is 17.7. The second-order valence-corrected chi connectivity index (χ2v) is 8.77. The van der Waals surface area contributed by atoms with Gasteiger partial charge in [-0.2, -0.15) is 0 Å². The van der Waals surface area contributed by atoms with Crippen LogP contribution in [0.2, 0.25) is 0 Å². The summed E-state index contributed by atoms with van der Waals surface area (Å²) in [5.41, 5.74) is 1.90. The molecule has 0 saturated heterocycles. The third-order valence-corrected chi connectivity index (χ3v) is 7.07. The summed E-state index contributed by atoms with van der Waals surface area (Å²) >= 11 is 5.58. The first-order valence-electron chi connectivity index (χ1n) is 9.13. The molecule has 4 rings (SSSR count). The van der Waals surface area contributed by atoms with E-state index >= 15 is 0 Å². The van der Waals surface area contributed by atoms with E-state index in [1.165, 1.54) is 15.9 Å². The highest BCUT2D eigenvalue weighted by Gasteiger charge is 2.15. The fraction of sp³-hybridized carbons (Fsp3) is 0.125. The van der Waals surface area contributed by atoms with E-state index in [9.17, 15) is 0 Å². The summed E-state index contributed by atoms with van der Waals surface area (Å²) in [5, 5.41) is 7.92. The molecule has 0 aliphatic heterocycles. The van der Waals surface area contributed by atoms with Crippen molar-refractivity contribution in [1.29, 1.82) is 0 Å². The van der Waals surface area contributed by atoms with Crippen molar-refractivity contribution in [3.63, 3.8) is 0 Å². The topological polar surface area (TPSA) is 26.0 Å². The summed E-state index contributed by atoms with van der Waals surface area (Å²) in [6, 6.07) is 32.3. The molecule has 0 N–H and O–H groups in total. The van der Waals surface area contributed by atoms with Gasteiger partial charge in [0, 0.05) is 5.56 Å². The average molecular weight is 408 g/mol. The number of aromatic nitrogens is 1. The first-order chi connectivity index (χ1) is 13.7. The Kier molecular flexibility index (Phi) is 7.42. The minimum atomic E-state index is -0.446. The molecule has 0 fully saturated rings. The van der Waals surface area contributed by atoms with E-state index in [-0.39, 0.29) is 0 Å². The molecule has 0 atom stereocenters. The van der Waals surface area contributed by atoms with Gasteiger partial charge in [-0.3, -0.25) is 0 Å². The third kappa shape index (κ3) is 5.10. The average Bonchev–Trinajstić information content (AvgIpc) is 3.08. The number of hydrogen-bond donors (Lipinski definition) is 0. The Balaban J connectivity index is 0.000000211. The van der Waals surface area contributed by atoms with Gasteiger partial charge in [-0.05, 0) is 37.7 Å². The first kappa shape index (κ1) is 20.3. The summed E-state index contributed by atoms with van der Waals surface area (Å²) < 4.78 is 4.85. The van der Waals surface area contributed by atoms with Gasteiger partial charge in [0.1, 0.15) is 5.76 Å². The van der Waals surface area contributed by atoms with Gasteiger partial charge in [0.05, 0.1) is 11.6 Å². The van der Waals surface area contributed by atoms with E-state index in [1.807, 2.05) is 13.8 Å². The molecule has 28 heavy (non-hydrogen) atoms. The molecular formula is C24H23ClNOP. The van der Waals surface area contributed by atoms with Gasteiger partial charge in [0.15, 0.2) is 0 Å². The lowest BCUT2D eigenvalue weighted by Gasteiger charge is -2.18. The van der Waals surface area contributed by atoms with Gasteiger partial charge in [-0.1, -0.05) is 96.2 Å². The third-order valence-electron chi connectivity index (χ3n) is 4.36. The minimum absolute atomic E-state index is 0.446. The highest BCUT2D eigenvalue weighted by molar-refractivity contribution is 7.79. The molecule has 142 valence electrons. The molecule has 0 unspecified atom stereocenters. The monoisotopic (exact) mass is 407 g/mol. The lowest BCUT2D eigenvalue weighted by atomic mass is 10.2. The zero-order chi connectivity index (χ0) is 19.8. The second-order valence-electron chi connectivity index (χ2n) is 6.28. The van der Waals surface area contributed by atoms with Crippen molar-refractivity contribution >= 4 is 35.4 Å². The second kappa shape index (κ2) is 10.2. The van der Waals surface area contributed by atoms with Crippen LogP contribution in [0, 0.1) is 13.8 Å². The predicted molar refractivity (Wildman–Crippen MR) is 121 cm³/mol. The van der Waals surface area contributed by atoms with E-state index in [2.05, 4.69) is 96.2 Å². The molecule has 0 aliphatic carbocycles. The van der Waals surface area contributed by atoms with Crippen molar-refractivity contribution < 1.29 is 4.52 Å². The van der Waals surface area contributed by atoms with Crippen molar-refractivity contribution in [3.8, 4) is 0 Å². The van der Waals surface area contributed by atoms with Crippen molar-refractivity contribution in [2.45, 2.75) is 19.7 Å². The van der Waals surface area contributed by atoms with Crippen LogP contribution < -0.4 is 15.9 Å². The Morgan fingerprint density at radius 3 is 1.36 bits per heavy atom. The van der Waals surface area contributed by atoms with Crippen molar-refractivity contribution in [1.82, 2.24) is 5.16 Å². The fourth-order valence-electron chi connectivity index (χ4n) is 2.87. The van der Waals surface area contributed by atoms with Crippen molar-refractivity contribution in [2.24, 2.45) is 0 Å². The molecule has 0 spiro atoms. The van der Waals surface area contributed by atoms with Gasteiger partial charge in [0.25, 0.3) is 0 Å². The minimum Gasteiger partial charge on any atom is -0.361 e. The Bertz CT molecular complexity index is 858. The molecule has 0 amide bonds. The molecular weight excluding hydrogens is 385 g/mol. The van der Waals surface area contributed by atoms with Gasteiger partial charge in [0.2, 0.25) is 0 Å². The molecule has 1 heterocycles. The van der Waals surface area contributed by atoms with E-state index < -0.39 is 7.92 Å². The van der Waals surface area contributed by atoms with Crippen molar-refractivity contribution in [3.05, 3.63) is 108 Å². The maximum absolute atomic E-state index is 5.58. The van der Waals surface area contributed by atoms with Gasteiger partial charge >= 0.3 is 0 Å². The zero-order valence-electron chi connectivity index (χ0n) is 16.0. The smallest absolute Gasteiger partial charge is 0.138 e. The van der Waals surface area contributed by atoms with Gasteiger partial charge in [-0.15, -0.1) is 11.6 Å². The summed E-state index contributed by atoms with van der Waals surface area (Å²) in [7, 11) is -0.446. The van der Waals surface area contributed by atoms with Crippen molar-refractivity contribution in [2.75, 3.05) is 0 Å². The summed E-state index contributed by atoms with van der Waals surface area (Å²) in [4.78, 5) is 0. The van der Waals surface area contributed by atoms with Crippen LogP contribution in [0.3, 0.4) is 0 Å². The van der Waals surface area contributed by atoms with Gasteiger partial charge in [-0.25, -0.2) is 0 Å². The number of aryl methyl sites for hydroxylation is 2. The first-order valence-corrected chi connectivity index (χ1v) is 11.0. The van der Waals surface area contributed by atoms with E-state index in [0.29, 0.717) is 5.88 Å². The van der Waals surface area contributed by atoms with Crippen LogP contribution in [0.25, 0.3) is 0 Å². The fourth-order valence-corrected chi connectivity index (χ4v) is 5.56. The standard InChI is InChI=1S/C18H15P.C6H8ClNO/c1-4-10-16(11-5-1)19(17-12-6-2-7-13-17)18-14-8-3-9-15-18;1-4-6(3-7)5(2)9-8-4/h1-15H;3H2,1-2H3. The molecule has 0 bridgehead atoms. The number of rotatable bonds is 4. The number of hydrogen-bond acceptors (Lipinski definition) is 2. The lowest BCUT2D eigenvalue weighted by molar-refractivity contribution is 0.392. The highest BCUT2D eigenvalue weighted by atomic mass is 35.5. The van der Waals surface area contributed by atoms with Crippen LogP contribution in [-0.4, -0.2) is 5.16 Å². The largest absolute Gasteiger partial charge is 0.361 e. The molecule has 4 aromatic rings. The van der Waals surface area contributed by atoms with Crippen LogP contribution in [0.15, 0.2) is 95.5 Å². The number of halogens is 1. The molecule has 4 heteroatoms. The maximum Gasteiger partial charge on any atom is 0.138 e. The summed E-state index contributed by atoms with van der Waals surface area (Å²) in [6.45, 7) is 3.74. The number of benzene rings is 3.